The van der Waals surface area contributed by atoms with E-state index in [4.69, 9.17) is 16.1 Å². The van der Waals surface area contributed by atoms with Crippen LogP contribution in [-0.2, 0) is 13.6 Å². The molecule has 3 heterocycles. The van der Waals surface area contributed by atoms with Gasteiger partial charge in [0, 0.05) is 42.1 Å². The highest BCUT2D eigenvalue weighted by atomic mass is 35.5. The third-order valence-electron chi connectivity index (χ3n) is 4.33. The number of hydrogen-bond acceptors (Lipinski definition) is 7. The molecular weight excluding hydrogens is 378 g/mol. The van der Waals surface area contributed by atoms with E-state index in [1.165, 1.54) is 0 Å². The number of nitrogens with zero attached hydrogens (tertiary/aromatic N) is 7. The standard InChI is InChI=1S/C19H18ClN7O/c1-3-27(19-24-23-18(26(19)2)13-7-9-21-10-8-13)12-16-22-17(25-28-16)14-5-4-6-15(20)11-14/h4-11H,3,12H2,1-2H3. The first kappa shape index (κ1) is 18.1. The largest absolute Gasteiger partial charge is 0.337 e. The van der Waals surface area contributed by atoms with Gasteiger partial charge in [0.1, 0.15) is 6.54 Å². The van der Waals surface area contributed by atoms with Crippen LogP contribution in [0.3, 0.4) is 0 Å². The van der Waals surface area contributed by atoms with Crippen LogP contribution >= 0.6 is 11.6 Å². The van der Waals surface area contributed by atoms with Gasteiger partial charge in [0.25, 0.3) is 0 Å². The molecule has 0 bridgehead atoms. The minimum atomic E-state index is 0.423. The van der Waals surface area contributed by atoms with E-state index in [-0.39, 0.29) is 0 Å². The van der Waals surface area contributed by atoms with Gasteiger partial charge in [-0.1, -0.05) is 28.9 Å². The zero-order valence-electron chi connectivity index (χ0n) is 15.4. The Morgan fingerprint density at radius 3 is 2.68 bits per heavy atom. The maximum absolute atomic E-state index is 6.04. The summed E-state index contributed by atoms with van der Waals surface area (Å²) in [6, 6.07) is 11.2. The summed E-state index contributed by atoms with van der Waals surface area (Å²) < 4.78 is 7.37. The van der Waals surface area contributed by atoms with Gasteiger partial charge in [0.2, 0.25) is 17.7 Å². The number of aromatic nitrogens is 6. The molecule has 0 aliphatic rings. The fourth-order valence-electron chi connectivity index (χ4n) is 2.90. The highest BCUT2D eigenvalue weighted by Crippen LogP contribution is 2.23. The van der Waals surface area contributed by atoms with Crippen LogP contribution < -0.4 is 4.90 Å². The second-order valence-corrected chi connectivity index (χ2v) is 6.59. The molecule has 0 N–H and O–H groups in total. The molecular formula is C19H18ClN7O. The summed E-state index contributed by atoms with van der Waals surface area (Å²) in [6.07, 6.45) is 3.47. The van der Waals surface area contributed by atoms with E-state index in [1.807, 2.05) is 47.7 Å². The van der Waals surface area contributed by atoms with Crippen molar-refractivity contribution in [3.63, 3.8) is 0 Å². The van der Waals surface area contributed by atoms with Gasteiger partial charge in [0.05, 0.1) is 0 Å². The molecule has 0 fully saturated rings. The van der Waals surface area contributed by atoms with E-state index in [9.17, 15) is 0 Å². The number of pyridine rings is 1. The Kier molecular flexibility index (Phi) is 5.03. The Morgan fingerprint density at radius 1 is 1.11 bits per heavy atom. The second-order valence-electron chi connectivity index (χ2n) is 6.15. The van der Waals surface area contributed by atoms with E-state index >= 15 is 0 Å². The predicted octanol–water partition coefficient (Wildman–Crippen LogP) is 3.61. The van der Waals surface area contributed by atoms with E-state index in [1.54, 1.807) is 24.5 Å². The third kappa shape index (κ3) is 3.59. The topological polar surface area (TPSA) is 85.8 Å². The lowest BCUT2D eigenvalue weighted by Crippen LogP contribution is -2.25. The summed E-state index contributed by atoms with van der Waals surface area (Å²) in [4.78, 5) is 10.5. The van der Waals surface area contributed by atoms with Crippen molar-refractivity contribution in [1.82, 2.24) is 29.9 Å². The average Bonchev–Trinajstić information content (AvgIpc) is 3.34. The van der Waals surface area contributed by atoms with Crippen LogP contribution in [0.2, 0.25) is 5.02 Å². The number of anilines is 1. The summed E-state index contributed by atoms with van der Waals surface area (Å²) in [5.74, 6) is 2.48. The van der Waals surface area contributed by atoms with Crippen molar-refractivity contribution >= 4 is 17.5 Å². The zero-order chi connectivity index (χ0) is 19.5. The summed E-state index contributed by atoms with van der Waals surface area (Å²) >= 11 is 6.04. The minimum absolute atomic E-state index is 0.423. The first-order valence-corrected chi connectivity index (χ1v) is 9.16. The molecule has 0 aliphatic carbocycles. The fourth-order valence-corrected chi connectivity index (χ4v) is 3.09. The Morgan fingerprint density at radius 2 is 1.93 bits per heavy atom. The van der Waals surface area contributed by atoms with Crippen molar-refractivity contribution in [2.24, 2.45) is 7.05 Å². The molecule has 4 aromatic rings. The quantitative estimate of drug-likeness (QED) is 0.493. The lowest BCUT2D eigenvalue weighted by Gasteiger charge is -2.19. The number of hydrogen-bond donors (Lipinski definition) is 0. The Labute approximate surface area is 166 Å². The van der Waals surface area contributed by atoms with Gasteiger partial charge in [-0.15, -0.1) is 10.2 Å². The number of halogens is 1. The monoisotopic (exact) mass is 395 g/mol. The van der Waals surface area contributed by atoms with E-state index in [2.05, 4.69) is 25.3 Å². The van der Waals surface area contributed by atoms with Crippen molar-refractivity contribution in [2.45, 2.75) is 13.5 Å². The Hall–Kier alpha value is -3.26. The average molecular weight is 396 g/mol. The molecule has 0 atom stereocenters. The molecule has 3 aromatic heterocycles. The maximum atomic E-state index is 6.04. The molecule has 0 saturated carbocycles. The lowest BCUT2D eigenvalue weighted by molar-refractivity contribution is 0.376. The van der Waals surface area contributed by atoms with Crippen LogP contribution in [0.25, 0.3) is 22.8 Å². The fraction of sp³-hybridized carbons (Fsp3) is 0.211. The van der Waals surface area contributed by atoms with Gasteiger partial charge in [-0.3, -0.25) is 9.55 Å². The molecule has 0 saturated heterocycles. The van der Waals surface area contributed by atoms with Crippen molar-refractivity contribution in [3.05, 3.63) is 59.7 Å². The predicted molar refractivity (Wildman–Crippen MR) is 106 cm³/mol. The molecule has 1 aromatic carbocycles. The minimum Gasteiger partial charge on any atom is -0.337 e. The number of benzene rings is 1. The molecule has 0 spiro atoms. The molecule has 28 heavy (non-hydrogen) atoms. The molecule has 8 nitrogen and oxygen atoms in total. The molecule has 4 rings (SSSR count). The van der Waals surface area contributed by atoms with Gasteiger partial charge in [-0.2, -0.15) is 4.98 Å². The summed E-state index contributed by atoms with van der Waals surface area (Å²) in [7, 11) is 1.93. The Balaban J connectivity index is 1.57. The molecule has 9 heteroatoms. The smallest absolute Gasteiger partial charge is 0.246 e. The summed E-state index contributed by atoms with van der Waals surface area (Å²) in [5, 5.41) is 13.4. The molecule has 0 radical (unpaired) electrons. The van der Waals surface area contributed by atoms with Crippen LogP contribution in [0, 0.1) is 0 Å². The van der Waals surface area contributed by atoms with Crippen molar-refractivity contribution < 1.29 is 4.52 Å². The van der Waals surface area contributed by atoms with E-state index in [0.29, 0.717) is 29.8 Å². The second kappa shape index (κ2) is 7.77. The van der Waals surface area contributed by atoms with Gasteiger partial charge in [-0.25, -0.2) is 0 Å². The van der Waals surface area contributed by atoms with Crippen molar-refractivity contribution in [1.29, 1.82) is 0 Å². The van der Waals surface area contributed by atoms with Gasteiger partial charge in [-0.05, 0) is 31.2 Å². The Bertz CT molecular complexity index is 1080. The van der Waals surface area contributed by atoms with Crippen molar-refractivity contribution in [3.8, 4) is 22.8 Å². The highest BCUT2D eigenvalue weighted by molar-refractivity contribution is 6.30. The first-order chi connectivity index (χ1) is 13.7. The highest BCUT2D eigenvalue weighted by Gasteiger charge is 2.19. The zero-order valence-corrected chi connectivity index (χ0v) is 16.2. The summed E-state index contributed by atoms with van der Waals surface area (Å²) in [5.41, 5.74) is 1.76. The number of rotatable bonds is 6. The van der Waals surface area contributed by atoms with Gasteiger partial charge < -0.3 is 9.42 Å². The van der Waals surface area contributed by atoms with Gasteiger partial charge >= 0.3 is 0 Å². The van der Waals surface area contributed by atoms with Crippen LogP contribution in [0.4, 0.5) is 5.95 Å². The first-order valence-electron chi connectivity index (χ1n) is 8.79. The lowest BCUT2D eigenvalue weighted by atomic mass is 10.2. The van der Waals surface area contributed by atoms with Crippen LogP contribution in [0.5, 0.6) is 0 Å². The molecule has 0 unspecified atom stereocenters. The summed E-state index contributed by atoms with van der Waals surface area (Å²) in [6.45, 7) is 3.17. The van der Waals surface area contributed by atoms with Crippen molar-refractivity contribution in [2.75, 3.05) is 11.4 Å². The van der Waals surface area contributed by atoms with Gasteiger partial charge in [0.15, 0.2) is 5.82 Å². The maximum Gasteiger partial charge on any atom is 0.246 e. The van der Waals surface area contributed by atoms with Crippen LogP contribution in [0.15, 0.2) is 53.3 Å². The molecule has 0 amide bonds. The van der Waals surface area contributed by atoms with Crippen LogP contribution in [0.1, 0.15) is 12.8 Å². The molecule has 142 valence electrons. The normalized spacial score (nSPS) is 11.0. The molecule has 0 aliphatic heterocycles. The third-order valence-corrected chi connectivity index (χ3v) is 4.57. The van der Waals surface area contributed by atoms with E-state index < -0.39 is 0 Å². The SMILES string of the molecule is CCN(Cc1nc(-c2cccc(Cl)c2)no1)c1nnc(-c2ccncc2)n1C. The van der Waals surface area contributed by atoms with Crippen LogP contribution in [-0.4, -0.2) is 36.4 Å². The van der Waals surface area contributed by atoms with E-state index in [0.717, 1.165) is 22.9 Å².